The molecular weight excluding hydrogens is 865 g/mol. The lowest BCUT2D eigenvalue weighted by molar-refractivity contribution is -0.136. The quantitative estimate of drug-likeness (QED) is 0.0990. The summed E-state index contributed by atoms with van der Waals surface area (Å²) in [4.78, 5) is 71.6. The fourth-order valence-corrected chi connectivity index (χ4v) is 9.61. The Balaban J connectivity index is 1.02. The fraction of sp³-hybridized carbons (Fsp3) is 0.388. The Bertz CT molecular complexity index is 2870. The van der Waals surface area contributed by atoms with E-state index in [1.807, 2.05) is 74.7 Å². The van der Waals surface area contributed by atoms with Gasteiger partial charge in [-0.3, -0.25) is 9.59 Å². The number of aromatic nitrogens is 5. The molecule has 1 unspecified atom stereocenters. The third kappa shape index (κ3) is 8.44. The van der Waals surface area contributed by atoms with Crippen LogP contribution in [0.25, 0.3) is 44.7 Å². The molecule has 4 amide bonds. The maximum atomic E-state index is 14.9. The zero-order chi connectivity index (χ0) is 47.3. The molecule has 0 saturated carbocycles. The molecule has 6 heterocycles. The Morgan fingerprint density at radius 3 is 1.81 bits per heavy atom. The van der Waals surface area contributed by atoms with Crippen LogP contribution < -0.4 is 15.4 Å². The molecule has 9 rings (SSSR count). The molecular formula is C49H53F2N9O7. The second-order valence-electron chi connectivity index (χ2n) is 18.0. The van der Waals surface area contributed by atoms with Crippen LogP contribution in [0.5, 0.6) is 5.75 Å². The molecule has 350 valence electrons. The van der Waals surface area contributed by atoms with Crippen molar-refractivity contribution in [1.29, 1.82) is 0 Å². The number of alkyl carbamates (subject to hydrolysis) is 2. The number of halogens is 2. The maximum Gasteiger partial charge on any atom is 0.407 e. The van der Waals surface area contributed by atoms with E-state index < -0.39 is 42.1 Å². The molecule has 2 saturated heterocycles. The van der Waals surface area contributed by atoms with Crippen LogP contribution in [0.15, 0.2) is 73.1 Å². The van der Waals surface area contributed by atoms with Gasteiger partial charge in [-0.1, -0.05) is 45.9 Å². The van der Waals surface area contributed by atoms with Crippen molar-refractivity contribution in [2.45, 2.75) is 83.8 Å². The van der Waals surface area contributed by atoms with Crippen molar-refractivity contribution in [2.75, 3.05) is 27.3 Å². The molecule has 16 nitrogen and oxygen atoms in total. The van der Waals surface area contributed by atoms with Crippen molar-refractivity contribution in [3.05, 3.63) is 102 Å². The molecule has 3 aromatic heterocycles. The monoisotopic (exact) mass is 917 g/mol. The molecule has 5 atom stereocenters. The molecule has 0 aliphatic carbocycles. The van der Waals surface area contributed by atoms with Gasteiger partial charge in [0, 0.05) is 40.7 Å². The largest absolute Gasteiger partial charge is 0.465 e. The highest BCUT2D eigenvalue weighted by Crippen LogP contribution is 2.46. The number of amides is 4. The molecule has 18 heteroatoms. The summed E-state index contributed by atoms with van der Waals surface area (Å²) in [5.41, 5.74) is 5.81. The first kappa shape index (κ1) is 44.9. The highest BCUT2D eigenvalue weighted by molar-refractivity contribution is 5.93. The standard InChI is InChI=1S/C49H53F2N9O7/c1-25(2)41(56-48(63)65-5)45(61)58-17-7-9-37(58)43-52-23-34(54-43)27-13-16-36-30(19-27)21-39-31-14-11-28(22-40(31)67-47(60(36)39)29-12-15-32(50)33(51)20-29)35-24-53-44(55-35)38-10-8-18-59(38)46(62)42(26(3)4)57-49(64)66-6/h11-16,19-26,37-38,41-42,47H,7-10,17-18H2,1-6H3,(H,52,54)(H,53,55)(H,56,63)(H,57,64)/t37-,38-,41-,42-,47?/m0/s1. The summed E-state index contributed by atoms with van der Waals surface area (Å²) in [6, 6.07) is 15.4. The topological polar surface area (TPSA) is 189 Å². The van der Waals surface area contributed by atoms with Crippen molar-refractivity contribution >= 4 is 34.9 Å². The van der Waals surface area contributed by atoms with Crippen LogP contribution in [0.3, 0.4) is 0 Å². The number of ether oxygens (including phenoxy) is 3. The summed E-state index contributed by atoms with van der Waals surface area (Å²) >= 11 is 0. The fourth-order valence-electron chi connectivity index (χ4n) is 9.61. The molecule has 3 aliphatic heterocycles. The first-order chi connectivity index (χ1) is 32.2. The van der Waals surface area contributed by atoms with Gasteiger partial charge in [0.05, 0.1) is 61.3 Å². The average molecular weight is 918 g/mol. The number of hydrogen-bond donors (Lipinski definition) is 4. The Morgan fingerprint density at radius 1 is 0.716 bits per heavy atom. The number of aromatic amines is 2. The van der Waals surface area contributed by atoms with Gasteiger partial charge in [0.25, 0.3) is 0 Å². The van der Waals surface area contributed by atoms with E-state index in [0.717, 1.165) is 64.0 Å². The number of nitrogens with one attached hydrogen (secondary N) is 4. The van der Waals surface area contributed by atoms with Crippen LogP contribution in [0.4, 0.5) is 18.4 Å². The Kier molecular flexibility index (Phi) is 12.2. The number of H-pyrrole nitrogens is 2. The van der Waals surface area contributed by atoms with Crippen LogP contribution in [-0.2, 0) is 19.1 Å². The van der Waals surface area contributed by atoms with Gasteiger partial charge < -0.3 is 49.2 Å². The lowest BCUT2D eigenvalue weighted by Gasteiger charge is -2.30. The van der Waals surface area contributed by atoms with Gasteiger partial charge in [0.2, 0.25) is 18.0 Å². The van der Waals surface area contributed by atoms with Gasteiger partial charge in [0.15, 0.2) is 11.6 Å². The Hall–Kier alpha value is -7.24. The summed E-state index contributed by atoms with van der Waals surface area (Å²) in [6.45, 7) is 8.53. The van der Waals surface area contributed by atoms with Crippen molar-refractivity contribution in [2.24, 2.45) is 11.8 Å². The van der Waals surface area contributed by atoms with E-state index in [4.69, 9.17) is 24.2 Å². The molecule has 0 bridgehead atoms. The number of benzene rings is 3. The van der Waals surface area contributed by atoms with Crippen molar-refractivity contribution < 1.29 is 42.2 Å². The smallest absolute Gasteiger partial charge is 0.407 e. The number of nitrogens with zero attached hydrogens (tertiary/aromatic N) is 5. The zero-order valence-electron chi connectivity index (χ0n) is 38.1. The minimum Gasteiger partial charge on any atom is -0.465 e. The summed E-state index contributed by atoms with van der Waals surface area (Å²) in [7, 11) is 2.53. The summed E-state index contributed by atoms with van der Waals surface area (Å²) in [5.74, 6) is -0.943. The number of methoxy groups -OCH3 is 2. The third-order valence-electron chi connectivity index (χ3n) is 13.1. The maximum absolute atomic E-state index is 14.9. The van der Waals surface area contributed by atoms with E-state index in [2.05, 4.69) is 20.6 Å². The number of likely N-dealkylation sites (tertiary alicyclic amines) is 2. The molecule has 67 heavy (non-hydrogen) atoms. The Morgan fingerprint density at radius 2 is 1.27 bits per heavy atom. The minimum absolute atomic E-state index is 0.165. The van der Waals surface area contributed by atoms with Gasteiger partial charge in [-0.05, 0) is 80.0 Å². The van der Waals surface area contributed by atoms with Crippen LogP contribution in [-0.4, -0.2) is 97.7 Å². The second-order valence-corrected chi connectivity index (χ2v) is 18.0. The van der Waals surface area contributed by atoms with E-state index in [0.29, 0.717) is 54.6 Å². The van der Waals surface area contributed by atoms with Gasteiger partial charge >= 0.3 is 12.2 Å². The minimum atomic E-state index is -0.997. The van der Waals surface area contributed by atoms with Crippen LogP contribution >= 0.6 is 0 Å². The number of carbonyl (C=O) groups is 4. The SMILES string of the molecule is COC(=O)N[C@H](C(=O)N1CCC[C@H]1c1ncc(-c2ccc3c(c2)OC(c2ccc(F)c(F)c2)n2c-3cc3cc(-c4cnc([C@@H]5CCCN5C(=O)[C@@H](NC(=O)OC)C(C)C)[nH]4)ccc32)[nH]1)C(C)C. The summed E-state index contributed by atoms with van der Waals surface area (Å²) in [6.07, 6.45) is 4.20. The van der Waals surface area contributed by atoms with E-state index in [9.17, 15) is 28.0 Å². The molecule has 6 aromatic rings. The average Bonchev–Trinajstić information content (AvgIpc) is 4.18. The van der Waals surface area contributed by atoms with Gasteiger partial charge in [-0.25, -0.2) is 28.3 Å². The van der Waals surface area contributed by atoms with E-state index in [1.165, 1.54) is 20.3 Å². The molecule has 0 radical (unpaired) electrons. The van der Waals surface area contributed by atoms with Gasteiger partial charge in [-0.2, -0.15) is 0 Å². The molecule has 2 fully saturated rings. The van der Waals surface area contributed by atoms with E-state index >= 15 is 0 Å². The lowest BCUT2D eigenvalue weighted by atomic mass is 10.0. The highest BCUT2D eigenvalue weighted by atomic mass is 19.2. The lowest BCUT2D eigenvalue weighted by Crippen LogP contribution is -2.51. The van der Waals surface area contributed by atoms with E-state index in [1.54, 1.807) is 22.2 Å². The third-order valence-corrected chi connectivity index (χ3v) is 13.1. The number of hydrogen-bond acceptors (Lipinski definition) is 9. The van der Waals surface area contributed by atoms with Crippen molar-refractivity contribution in [3.8, 4) is 39.5 Å². The predicted octanol–water partition coefficient (Wildman–Crippen LogP) is 8.39. The summed E-state index contributed by atoms with van der Waals surface area (Å²) in [5, 5.41) is 6.23. The molecule has 3 aromatic carbocycles. The number of carbonyl (C=O) groups excluding carboxylic acids is 4. The Labute approximate surface area is 385 Å². The number of imidazole rings is 2. The predicted molar refractivity (Wildman–Crippen MR) is 243 cm³/mol. The summed E-state index contributed by atoms with van der Waals surface area (Å²) < 4.78 is 47.5. The number of fused-ring (bicyclic) bond motifs is 5. The second kappa shape index (κ2) is 18.2. The molecule has 3 aliphatic rings. The first-order valence-corrected chi connectivity index (χ1v) is 22.6. The van der Waals surface area contributed by atoms with Gasteiger partial charge in [-0.15, -0.1) is 0 Å². The van der Waals surface area contributed by atoms with Crippen LogP contribution in [0.1, 0.15) is 88.9 Å². The molecule has 0 spiro atoms. The van der Waals surface area contributed by atoms with Crippen molar-refractivity contribution in [1.82, 2.24) is 44.9 Å². The zero-order valence-corrected chi connectivity index (χ0v) is 38.1. The molecule has 4 N–H and O–H groups in total. The van der Waals surface area contributed by atoms with Gasteiger partial charge in [0.1, 0.15) is 29.5 Å². The van der Waals surface area contributed by atoms with Crippen LogP contribution in [0.2, 0.25) is 0 Å². The normalized spacial score (nSPS) is 18.7. The van der Waals surface area contributed by atoms with Crippen LogP contribution in [0, 0.1) is 23.5 Å². The first-order valence-electron chi connectivity index (χ1n) is 22.6. The van der Waals surface area contributed by atoms with Crippen molar-refractivity contribution in [3.63, 3.8) is 0 Å². The number of rotatable bonds is 11. The highest BCUT2D eigenvalue weighted by Gasteiger charge is 2.39. The van der Waals surface area contributed by atoms with E-state index in [-0.39, 0.29) is 35.7 Å².